The van der Waals surface area contributed by atoms with Crippen molar-refractivity contribution in [3.05, 3.63) is 65.7 Å². The van der Waals surface area contributed by atoms with Crippen molar-refractivity contribution in [3.63, 3.8) is 0 Å². The highest BCUT2D eigenvalue weighted by Crippen LogP contribution is 2.28. The van der Waals surface area contributed by atoms with Gasteiger partial charge >= 0.3 is 0 Å². The molecule has 1 aromatic heterocycles. The number of nitrogens with zero attached hydrogens (tertiary/aromatic N) is 2. The Morgan fingerprint density at radius 1 is 0.971 bits per heavy atom. The molecule has 1 saturated heterocycles. The lowest BCUT2D eigenvalue weighted by atomic mass is 9.95. The number of benzene rings is 2. The Hall–Kier alpha value is -3.25. The Bertz CT molecular complexity index is 1190. The minimum atomic E-state index is -0.475. The molecule has 0 atom stereocenters. The first-order valence-corrected chi connectivity index (χ1v) is 12.4. The Kier molecular flexibility index (Phi) is 6.59. The highest BCUT2D eigenvalue weighted by Gasteiger charge is 2.27. The van der Waals surface area contributed by atoms with Gasteiger partial charge in [-0.25, -0.2) is 4.98 Å². The van der Waals surface area contributed by atoms with Crippen LogP contribution >= 0.6 is 0 Å². The van der Waals surface area contributed by atoms with Crippen molar-refractivity contribution in [1.29, 1.82) is 0 Å². The van der Waals surface area contributed by atoms with Gasteiger partial charge in [-0.3, -0.25) is 14.5 Å². The highest BCUT2D eigenvalue weighted by molar-refractivity contribution is 6.02. The summed E-state index contributed by atoms with van der Waals surface area (Å²) >= 11 is 0. The van der Waals surface area contributed by atoms with Gasteiger partial charge in [-0.2, -0.15) is 0 Å². The standard InChI is InChI=1S/C28H32N4O2/c29-27(33)24-17-21-7-1-4-11-25(21)31-26(24)22-8-5-6-19(16-22)18-32-14-12-20(13-15-32)28(34)30-23-9-2-3-10-23/h1,4-8,11,16-17,20,23H,2-3,9-10,12-15,18H2,(H2,29,33)(H,30,34). The van der Waals surface area contributed by atoms with E-state index >= 15 is 0 Å². The van der Waals surface area contributed by atoms with Crippen molar-refractivity contribution in [2.45, 2.75) is 51.1 Å². The van der Waals surface area contributed by atoms with Crippen LogP contribution in [0.15, 0.2) is 54.6 Å². The maximum atomic E-state index is 12.6. The van der Waals surface area contributed by atoms with E-state index in [1.54, 1.807) is 0 Å². The number of primary amides is 1. The molecule has 3 aromatic rings. The average molecular weight is 457 g/mol. The van der Waals surface area contributed by atoms with E-state index in [4.69, 9.17) is 10.7 Å². The highest BCUT2D eigenvalue weighted by atomic mass is 16.2. The van der Waals surface area contributed by atoms with E-state index in [-0.39, 0.29) is 11.8 Å². The smallest absolute Gasteiger partial charge is 0.250 e. The summed E-state index contributed by atoms with van der Waals surface area (Å²) in [4.78, 5) is 32.0. The minimum Gasteiger partial charge on any atom is -0.366 e. The van der Waals surface area contributed by atoms with Crippen LogP contribution < -0.4 is 11.1 Å². The van der Waals surface area contributed by atoms with E-state index in [2.05, 4.69) is 22.3 Å². The number of likely N-dealkylation sites (tertiary alicyclic amines) is 1. The summed E-state index contributed by atoms with van der Waals surface area (Å²) in [7, 11) is 0. The van der Waals surface area contributed by atoms with Crippen LogP contribution in [0, 0.1) is 5.92 Å². The molecule has 176 valence electrons. The van der Waals surface area contributed by atoms with Gasteiger partial charge < -0.3 is 11.1 Å². The van der Waals surface area contributed by atoms with Gasteiger partial charge in [0, 0.05) is 29.5 Å². The van der Waals surface area contributed by atoms with Crippen molar-refractivity contribution >= 4 is 22.7 Å². The van der Waals surface area contributed by atoms with Crippen molar-refractivity contribution < 1.29 is 9.59 Å². The molecule has 3 N–H and O–H groups in total. The number of carbonyl (C=O) groups is 2. The van der Waals surface area contributed by atoms with Gasteiger partial charge in [-0.15, -0.1) is 0 Å². The summed E-state index contributed by atoms with van der Waals surface area (Å²) < 4.78 is 0. The predicted octanol–water partition coefficient (Wildman–Crippen LogP) is 4.27. The average Bonchev–Trinajstić information content (AvgIpc) is 3.37. The summed E-state index contributed by atoms with van der Waals surface area (Å²) in [5.41, 5.74) is 9.65. The molecular formula is C28H32N4O2. The van der Waals surface area contributed by atoms with E-state index in [1.807, 2.05) is 42.5 Å². The van der Waals surface area contributed by atoms with Crippen LogP contribution in [0.4, 0.5) is 0 Å². The molecule has 1 aliphatic heterocycles. The van der Waals surface area contributed by atoms with Gasteiger partial charge in [0.2, 0.25) is 5.91 Å². The number of fused-ring (bicyclic) bond motifs is 1. The summed E-state index contributed by atoms with van der Waals surface area (Å²) in [6.45, 7) is 2.63. The van der Waals surface area contributed by atoms with Crippen LogP contribution in [0.2, 0.25) is 0 Å². The van der Waals surface area contributed by atoms with Crippen LogP contribution in [-0.4, -0.2) is 40.8 Å². The number of hydrogen-bond donors (Lipinski definition) is 2. The lowest BCUT2D eigenvalue weighted by Crippen LogP contribution is -2.42. The van der Waals surface area contributed by atoms with E-state index in [0.717, 1.165) is 67.3 Å². The zero-order valence-electron chi connectivity index (χ0n) is 19.5. The van der Waals surface area contributed by atoms with Gasteiger partial charge in [0.05, 0.1) is 16.8 Å². The molecule has 0 spiro atoms. The number of carbonyl (C=O) groups excluding carboxylic acids is 2. The van der Waals surface area contributed by atoms with E-state index < -0.39 is 5.91 Å². The first-order valence-electron chi connectivity index (χ1n) is 12.4. The SMILES string of the molecule is NC(=O)c1cc2ccccc2nc1-c1cccc(CN2CCC(C(=O)NC3CCCC3)CC2)c1. The fourth-order valence-electron chi connectivity index (χ4n) is 5.34. The van der Waals surface area contributed by atoms with Crippen molar-refractivity contribution in [1.82, 2.24) is 15.2 Å². The second-order valence-electron chi connectivity index (χ2n) is 9.68. The van der Waals surface area contributed by atoms with Crippen LogP contribution in [0.3, 0.4) is 0 Å². The van der Waals surface area contributed by atoms with Gasteiger partial charge in [0.25, 0.3) is 5.91 Å². The maximum Gasteiger partial charge on any atom is 0.250 e. The minimum absolute atomic E-state index is 0.128. The van der Waals surface area contributed by atoms with Crippen molar-refractivity contribution in [2.75, 3.05) is 13.1 Å². The quantitative estimate of drug-likeness (QED) is 0.580. The molecule has 1 aliphatic carbocycles. The molecule has 0 radical (unpaired) electrons. The fraction of sp³-hybridized carbons (Fsp3) is 0.393. The van der Waals surface area contributed by atoms with Gasteiger partial charge in [-0.05, 0) is 62.5 Å². The van der Waals surface area contributed by atoms with Crippen molar-refractivity contribution in [3.8, 4) is 11.3 Å². The largest absolute Gasteiger partial charge is 0.366 e. The molecule has 6 heteroatoms. The Morgan fingerprint density at radius 3 is 2.50 bits per heavy atom. The topological polar surface area (TPSA) is 88.3 Å². The second kappa shape index (κ2) is 9.94. The van der Waals surface area contributed by atoms with E-state index in [9.17, 15) is 9.59 Å². The number of pyridine rings is 1. The number of amides is 2. The molecule has 0 bridgehead atoms. The molecule has 5 rings (SSSR count). The number of nitrogens with one attached hydrogen (secondary N) is 1. The molecule has 2 fully saturated rings. The maximum absolute atomic E-state index is 12.6. The van der Waals surface area contributed by atoms with E-state index in [1.165, 1.54) is 12.8 Å². The summed E-state index contributed by atoms with van der Waals surface area (Å²) in [5, 5.41) is 4.16. The summed E-state index contributed by atoms with van der Waals surface area (Å²) in [5.74, 6) is -0.102. The third-order valence-corrected chi connectivity index (χ3v) is 7.26. The van der Waals surface area contributed by atoms with E-state index in [0.29, 0.717) is 17.3 Å². The van der Waals surface area contributed by atoms with Gasteiger partial charge in [0.15, 0.2) is 0 Å². The molecule has 6 nitrogen and oxygen atoms in total. The third-order valence-electron chi connectivity index (χ3n) is 7.26. The Labute approximate surface area is 200 Å². The monoisotopic (exact) mass is 456 g/mol. The number of nitrogens with two attached hydrogens (primary N) is 1. The predicted molar refractivity (Wildman–Crippen MR) is 134 cm³/mol. The molecular weight excluding hydrogens is 424 g/mol. The van der Waals surface area contributed by atoms with Crippen LogP contribution in [0.5, 0.6) is 0 Å². The van der Waals surface area contributed by atoms with Crippen molar-refractivity contribution in [2.24, 2.45) is 11.7 Å². The molecule has 2 aliphatic rings. The first-order chi connectivity index (χ1) is 16.6. The zero-order chi connectivity index (χ0) is 23.5. The lowest BCUT2D eigenvalue weighted by Gasteiger charge is -2.32. The van der Waals surface area contributed by atoms with Crippen LogP contribution in [0.1, 0.15) is 54.4 Å². The Balaban J connectivity index is 1.27. The molecule has 2 aromatic carbocycles. The normalized spacial score (nSPS) is 17.8. The fourth-order valence-corrected chi connectivity index (χ4v) is 5.34. The zero-order valence-corrected chi connectivity index (χ0v) is 19.5. The molecule has 0 unspecified atom stereocenters. The third kappa shape index (κ3) is 4.97. The first kappa shape index (κ1) is 22.5. The molecule has 1 saturated carbocycles. The van der Waals surface area contributed by atoms with Crippen LogP contribution in [-0.2, 0) is 11.3 Å². The molecule has 2 heterocycles. The molecule has 34 heavy (non-hydrogen) atoms. The second-order valence-corrected chi connectivity index (χ2v) is 9.68. The number of para-hydroxylation sites is 1. The summed E-state index contributed by atoms with van der Waals surface area (Å²) in [6.07, 6.45) is 6.53. The van der Waals surface area contributed by atoms with Gasteiger partial charge in [0.1, 0.15) is 0 Å². The number of hydrogen-bond acceptors (Lipinski definition) is 4. The summed E-state index contributed by atoms with van der Waals surface area (Å²) in [6, 6.07) is 18.2. The Morgan fingerprint density at radius 2 is 1.74 bits per heavy atom. The number of rotatable bonds is 6. The lowest BCUT2D eigenvalue weighted by molar-refractivity contribution is -0.127. The number of aromatic nitrogens is 1. The van der Waals surface area contributed by atoms with Gasteiger partial charge in [-0.1, -0.05) is 49.2 Å². The molecule has 2 amide bonds. The van der Waals surface area contributed by atoms with Crippen LogP contribution in [0.25, 0.3) is 22.2 Å². The number of piperidine rings is 1.